The zero-order chi connectivity index (χ0) is 13.7. The van der Waals surface area contributed by atoms with Gasteiger partial charge in [0.2, 0.25) is 0 Å². The predicted molar refractivity (Wildman–Crippen MR) is 80.5 cm³/mol. The van der Waals surface area contributed by atoms with Crippen LogP contribution < -0.4 is 5.73 Å². The second-order valence-corrected chi connectivity index (χ2v) is 5.64. The smallest absolute Gasteiger partial charge is 0.127 e. The highest BCUT2D eigenvalue weighted by molar-refractivity contribution is 9.10. The average Bonchev–Trinajstić information content (AvgIpc) is 2.41. The standard InChI is InChI=1S/C16H17BrFN/c17-14-8-7-13(16(18)11-14)10-15(19)9-6-12-4-2-1-3-5-12/h1-5,7-8,11,15H,6,9-10,19H2. The molecule has 0 saturated carbocycles. The van der Waals surface area contributed by atoms with Gasteiger partial charge in [-0.3, -0.25) is 0 Å². The normalized spacial score (nSPS) is 12.4. The van der Waals surface area contributed by atoms with E-state index in [1.807, 2.05) is 24.3 Å². The summed E-state index contributed by atoms with van der Waals surface area (Å²) < 4.78 is 14.4. The van der Waals surface area contributed by atoms with E-state index in [1.165, 1.54) is 11.6 Å². The van der Waals surface area contributed by atoms with Crippen molar-refractivity contribution < 1.29 is 4.39 Å². The Bertz CT molecular complexity index is 528. The van der Waals surface area contributed by atoms with Gasteiger partial charge in [0.25, 0.3) is 0 Å². The van der Waals surface area contributed by atoms with Crippen LogP contribution >= 0.6 is 15.9 Å². The van der Waals surface area contributed by atoms with Crippen molar-refractivity contribution in [1.29, 1.82) is 0 Å². The summed E-state index contributed by atoms with van der Waals surface area (Å²) in [6, 6.07) is 15.3. The van der Waals surface area contributed by atoms with Gasteiger partial charge in [-0.1, -0.05) is 52.3 Å². The molecule has 1 unspecified atom stereocenters. The van der Waals surface area contributed by atoms with E-state index in [4.69, 9.17) is 5.73 Å². The molecule has 0 fully saturated rings. The van der Waals surface area contributed by atoms with Gasteiger partial charge in [-0.05, 0) is 42.5 Å². The fourth-order valence-electron chi connectivity index (χ4n) is 2.07. The maximum absolute atomic E-state index is 13.7. The Kier molecular flexibility index (Phi) is 5.11. The first-order valence-electron chi connectivity index (χ1n) is 6.38. The minimum absolute atomic E-state index is 0.0177. The van der Waals surface area contributed by atoms with E-state index in [0.29, 0.717) is 12.0 Å². The van der Waals surface area contributed by atoms with Gasteiger partial charge in [-0.2, -0.15) is 0 Å². The number of aryl methyl sites for hydroxylation is 1. The Morgan fingerprint density at radius 3 is 2.53 bits per heavy atom. The van der Waals surface area contributed by atoms with Crippen LogP contribution in [0.3, 0.4) is 0 Å². The van der Waals surface area contributed by atoms with Crippen LogP contribution in [-0.4, -0.2) is 6.04 Å². The topological polar surface area (TPSA) is 26.0 Å². The van der Waals surface area contributed by atoms with Gasteiger partial charge in [0.15, 0.2) is 0 Å². The molecule has 2 N–H and O–H groups in total. The molecule has 2 aromatic carbocycles. The van der Waals surface area contributed by atoms with Crippen LogP contribution in [0.15, 0.2) is 53.0 Å². The summed E-state index contributed by atoms with van der Waals surface area (Å²) in [7, 11) is 0. The summed E-state index contributed by atoms with van der Waals surface area (Å²) in [5, 5.41) is 0. The lowest BCUT2D eigenvalue weighted by Crippen LogP contribution is -2.24. The number of nitrogens with two attached hydrogens (primary N) is 1. The lowest BCUT2D eigenvalue weighted by atomic mass is 9.99. The third kappa shape index (κ3) is 4.44. The number of benzene rings is 2. The summed E-state index contributed by atoms with van der Waals surface area (Å²) in [6.07, 6.45) is 2.37. The zero-order valence-electron chi connectivity index (χ0n) is 10.7. The molecule has 0 aliphatic heterocycles. The Hall–Kier alpha value is -1.19. The summed E-state index contributed by atoms with van der Waals surface area (Å²) in [4.78, 5) is 0. The van der Waals surface area contributed by atoms with Gasteiger partial charge in [-0.15, -0.1) is 0 Å². The highest BCUT2D eigenvalue weighted by Gasteiger charge is 2.09. The molecule has 19 heavy (non-hydrogen) atoms. The largest absolute Gasteiger partial charge is 0.327 e. The molecule has 0 radical (unpaired) electrons. The van der Waals surface area contributed by atoms with Crippen LogP contribution in [0.4, 0.5) is 4.39 Å². The molecule has 3 heteroatoms. The molecule has 0 aromatic heterocycles. The third-order valence-corrected chi connectivity index (χ3v) is 3.64. The first kappa shape index (κ1) is 14.2. The molecular formula is C16H17BrFN. The molecular weight excluding hydrogens is 305 g/mol. The van der Waals surface area contributed by atoms with Crippen LogP contribution in [0.2, 0.25) is 0 Å². The number of rotatable bonds is 5. The Balaban J connectivity index is 1.89. The van der Waals surface area contributed by atoms with E-state index in [-0.39, 0.29) is 11.9 Å². The molecule has 0 aliphatic rings. The van der Waals surface area contributed by atoms with Crippen LogP contribution in [0.25, 0.3) is 0 Å². The van der Waals surface area contributed by atoms with Gasteiger partial charge in [-0.25, -0.2) is 4.39 Å². The minimum atomic E-state index is -0.190. The van der Waals surface area contributed by atoms with E-state index in [2.05, 4.69) is 28.1 Å². The van der Waals surface area contributed by atoms with E-state index >= 15 is 0 Å². The second-order valence-electron chi connectivity index (χ2n) is 4.72. The molecule has 0 bridgehead atoms. The molecule has 0 heterocycles. The maximum Gasteiger partial charge on any atom is 0.127 e. The summed E-state index contributed by atoms with van der Waals surface area (Å²) in [6.45, 7) is 0. The zero-order valence-corrected chi connectivity index (χ0v) is 12.2. The van der Waals surface area contributed by atoms with Crippen molar-refractivity contribution in [2.24, 2.45) is 5.73 Å². The number of halogens is 2. The predicted octanol–water partition coefficient (Wildman–Crippen LogP) is 4.09. The maximum atomic E-state index is 13.7. The SMILES string of the molecule is NC(CCc1ccccc1)Cc1ccc(Br)cc1F. The molecule has 100 valence electrons. The molecule has 2 rings (SSSR count). The molecule has 0 saturated heterocycles. The fourth-order valence-corrected chi connectivity index (χ4v) is 2.40. The highest BCUT2D eigenvalue weighted by Crippen LogP contribution is 2.17. The van der Waals surface area contributed by atoms with Gasteiger partial charge < -0.3 is 5.73 Å². The molecule has 2 aromatic rings. The van der Waals surface area contributed by atoms with Gasteiger partial charge in [0.05, 0.1) is 0 Å². The summed E-state index contributed by atoms with van der Waals surface area (Å²) in [5.74, 6) is -0.190. The van der Waals surface area contributed by atoms with Crippen molar-refractivity contribution in [2.45, 2.75) is 25.3 Å². The van der Waals surface area contributed by atoms with Gasteiger partial charge in [0.1, 0.15) is 5.82 Å². The van der Waals surface area contributed by atoms with Gasteiger partial charge in [0, 0.05) is 10.5 Å². The van der Waals surface area contributed by atoms with E-state index in [0.717, 1.165) is 17.3 Å². The van der Waals surface area contributed by atoms with Crippen LogP contribution in [0.5, 0.6) is 0 Å². The van der Waals surface area contributed by atoms with Crippen molar-refractivity contribution in [2.75, 3.05) is 0 Å². The monoisotopic (exact) mass is 321 g/mol. The number of hydrogen-bond acceptors (Lipinski definition) is 1. The molecule has 0 amide bonds. The van der Waals surface area contributed by atoms with Gasteiger partial charge >= 0.3 is 0 Å². The van der Waals surface area contributed by atoms with E-state index in [1.54, 1.807) is 6.07 Å². The second kappa shape index (κ2) is 6.83. The molecule has 0 aliphatic carbocycles. The van der Waals surface area contributed by atoms with Crippen LogP contribution in [-0.2, 0) is 12.8 Å². The minimum Gasteiger partial charge on any atom is -0.327 e. The molecule has 0 spiro atoms. The highest BCUT2D eigenvalue weighted by atomic mass is 79.9. The van der Waals surface area contributed by atoms with Crippen LogP contribution in [0.1, 0.15) is 17.5 Å². The Labute approximate surface area is 121 Å². The van der Waals surface area contributed by atoms with Crippen molar-refractivity contribution in [3.63, 3.8) is 0 Å². The Morgan fingerprint density at radius 1 is 1.11 bits per heavy atom. The first-order chi connectivity index (χ1) is 9.15. The quantitative estimate of drug-likeness (QED) is 0.881. The van der Waals surface area contributed by atoms with Crippen LogP contribution in [0, 0.1) is 5.82 Å². The lowest BCUT2D eigenvalue weighted by molar-refractivity contribution is 0.566. The third-order valence-electron chi connectivity index (χ3n) is 3.14. The van der Waals surface area contributed by atoms with Crippen molar-refractivity contribution in [1.82, 2.24) is 0 Å². The van der Waals surface area contributed by atoms with Crippen molar-refractivity contribution in [3.8, 4) is 0 Å². The fraction of sp³-hybridized carbons (Fsp3) is 0.250. The number of hydrogen-bond donors (Lipinski definition) is 1. The molecule has 1 nitrogen and oxygen atoms in total. The molecule has 1 atom stereocenters. The average molecular weight is 322 g/mol. The summed E-state index contributed by atoms with van der Waals surface area (Å²) in [5.41, 5.74) is 8.04. The van der Waals surface area contributed by atoms with Crippen molar-refractivity contribution in [3.05, 3.63) is 69.9 Å². The van der Waals surface area contributed by atoms with E-state index in [9.17, 15) is 4.39 Å². The van der Waals surface area contributed by atoms with E-state index < -0.39 is 0 Å². The van der Waals surface area contributed by atoms with Crippen molar-refractivity contribution >= 4 is 15.9 Å². The summed E-state index contributed by atoms with van der Waals surface area (Å²) >= 11 is 3.25. The lowest BCUT2D eigenvalue weighted by Gasteiger charge is -2.12. The first-order valence-corrected chi connectivity index (χ1v) is 7.18. The Morgan fingerprint density at radius 2 is 1.84 bits per heavy atom.